The first-order chi connectivity index (χ1) is 11.5. The van der Waals surface area contributed by atoms with Crippen LogP contribution in [0.4, 0.5) is 5.69 Å². The maximum absolute atomic E-state index is 12.3. The normalized spacial score (nSPS) is 15.9. The number of hydrogen-bond donors (Lipinski definition) is 1. The summed E-state index contributed by atoms with van der Waals surface area (Å²) in [5.41, 5.74) is 0.513. The summed E-state index contributed by atoms with van der Waals surface area (Å²) in [6.07, 6.45) is 2.90. The summed E-state index contributed by atoms with van der Waals surface area (Å²) < 4.78 is 34.5. The number of ether oxygens (including phenoxy) is 1. The third kappa shape index (κ3) is 4.41. The lowest BCUT2D eigenvalue weighted by molar-refractivity contribution is 0.349. The van der Waals surface area contributed by atoms with E-state index in [1.54, 1.807) is 48.5 Å². The summed E-state index contributed by atoms with van der Waals surface area (Å²) in [6.45, 7) is 1.15. The van der Waals surface area contributed by atoms with E-state index in [0.717, 1.165) is 19.3 Å². The number of nitrogens with one attached hydrogen (secondary N) is 1. The van der Waals surface area contributed by atoms with Crippen LogP contribution in [0.25, 0.3) is 0 Å². The van der Waals surface area contributed by atoms with Gasteiger partial charge in [-0.15, -0.1) is 0 Å². The number of halogens is 1. The summed E-state index contributed by atoms with van der Waals surface area (Å²) in [6, 6.07) is 13.9. The number of benzene rings is 2. The lowest BCUT2D eigenvalue weighted by atomic mass is 10.2. The van der Waals surface area contributed by atoms with Gasteiger partial charge >= 0.3 is 10.2 Å². The Morgan fingerprint density at radius 1 is 0.958 bits per heavy atom. The predicted octanol–water partition coefficient (Wildman–Crippen LogP) is 4.27. The van der Waals surface area contributed by atoms with Gasteiger partial charge in [-0.3, -0.25) is 4.72 Å². The second-order valence-electron chi connectivity index (χ2n) is 5.65. The Bertz CT molecular complexity index is 788. The van der Waals surface area contributed by atoms with E-state index in [0.29, 0.717) is 35.3 Å². The lowest BCUT2D eigenvalue weighted by Crippen LogP contribution is -2.39. The molecule has 0 saturated carbocycles. The highest BCUT2D eigenvalue weighted by molar-refractivity contribution is 7.90. The van der Waals surface area contributed by atoms with Gasteiger partial charge in [0, 0.05) is 18.1 Å². The average Bonchev–Trinajstić information content (AvgIpc) is 2.57. The number of anilines is 1. The van der Waals surface area contributed by atoms with Crippen molar-refractivity contribution in [1.29, 1.82) is 0 Å². The highest BCUT2D eigenvalue weighted by Crippen LogP contribution is 2.26. The van der Waals surface area contributed by atoms with Crippen molar-refractivity contribution in [3.63, 3.8) is 0 Å². The number of hydrogen-bond acceptors (Lipinski definition) is 3. The van der Waals surface area contributed by atoms with Gasteiger partial charge < -0.3 is 4.74 Å². The van der Waals surface area contributed by atoms with Crippen LogP contribution in [0.2, 0.25) is 5.02 Å². The van der Waals surface area contributed by atoms with Crippen molar-refractivity contribution in [3.05, 3.63) is 53.6 Å². The van der Waals surface area contributed by atoms with Crippen molar-refractivity contribution in [2.24, 2.45) is 0 Å². The zero-order valence-corrected chi connectivity index (χ0v) is 14.7. The second kappa shape index (κ2) is 7.42. The molecule has 24 heavy (non-hydrogen) atoms. The SMILES string of the molecule is O=S(=O)(Nc1ccc(Oc2cccc(Cl)c2)cc1)N1CCCCC1. The molecule has 0 bridgehead atoms. The molecular formula is C17H19ClN2O3S. The maximum Gasteiger partial charge on any atom is 0.301 e. The highest BCUT2D eigenvalue weighted by atomic mass is 35.5. The van der Waals surface area contributed by atoms with Crippen LogP contribution in [-0.2, 0) is 10.2 Å². The molecule has 2 aromatic carbocycles. The second-order valence-corrected chi connectivity index (χ2v) is 7.76. The summed E-state index contributed by atoms with van der Waals surface area (Å²) in [7, 11) is -3.49. The Kier molecular flexibility index (Phi) is 5.28. The maximum atomic E-state index is 12.3. The van der Waals surface area contributed by atoms with Gasteiger partial charge in [-0.2, -0.15) is 12.7 Å². The summed E-state index contributed by atoms with van der Waals surface area (Å²) in [4.78, 5) is 0. The quantitative estimate of drug-likeness (QED) is 0.859. The van der Waals surface area contributed by atoms with Crippen molar-refractivity contribution in [2.45, 2.75) is 19.3 Å². The van der Waals surface area contributed by atoms with Crippen molar-refractivity contribution in [3.8, 4) is 11.5 Å². The van der Waals surface area contributed by atoms with Gasteiger partial charge in [-0.1, -0.05) is 24.1 Å². The Hall–Kier alpha value is -1.76. The van der Waals surface area contributed by atoms with Gasteiger partial charge in [0.25, 0.3) is 0 Å². The molecule has 5 nitrogen and oxygen atoms in total. The number of piperidine rings is 1. The molecule has 2 aromatic rings. The lowest BCUT2D eigenvalue weighted by Gasteiger charge is -2.26. The summed E-state index contributed by atoms with van der Waals surface area (Å²) in [5, 5.41) is 0.596. The fourth-order valence-corrected chi connectivity index (χ4v) is 4.06. The first-order valence-electron chi connectivity index (χ1n) is 7.84. The highest BCUT2D eigenvalue weighted by Gasteiger charge is 2.23. The van der Waals surface area contributed by atoms with E-state index in [9.17, 15) is 8.42 Å². The summed E-state index contributed by atoms with van der Waals surface area (Å²) >= 11 is 5.92. The molecule has 1 aliphatic rings. The molecule has 1 N–H and O–H groups in total. The van der Waals surface area contributed by atoms with Crippen molar-refractivity contribution >= 4 is 27.5 Å². The Labute approximate surface area is 147 Å². The Balaban J connectivity index is 1.66. The number of rotatable bonds is 5. The van der Waals surface area contributed by atoms with Crippen LogP contribution in [-0.4, -0.2) is 25.8 Å². The topological polar surface area (TPSA) is 58.6 Å². The zero-order valence-electron chi connectivity index (χ0n) is 13.1. The molecule has 0 atom stereocenters. The molecule has 0 amide bonds. The van der Waals surface area contributed by atoms with Gasteiger partial charge in [-0.25, -0.2) is 0 Å². The Morgan fingerprint density at radius 2 is 1.67 bits per heavy atom. The minimum Gasteiger partial charge on any atom is -0.457 e. The van der Waals surface area contributed by atoms with Crippen LogP contribution >= 0.6 is 11.6 Å². The standard InChI is InChI=1S/C17H19ClN2O3S/c18-14-5-4-6-17(13-14)23-16-9-7-15(8-10-16)19-24(21,22)20-11-2-1-3-12-20/h4-10,13,19H,1-3,11-12H2. The monoisotopic (exact) mass is 366 g/mol. The molecule has 0 spiro atoms. The largest absolute Gasteiger partial charge is 0.457 e. The van der Waals surface area contributed by atoms with Crippen LogP contribution in [0.1, 0.15) is 19.3 Å². The number of nitrogens with zero attached hydrogens (tertiary/aromatic N) is 1. The minimum atomic E-state index is -3.49. The van der Waals surface area contributed by atoms with Crippen molar-refractivity contribution < 1.29 is 13.2 Å². The van der Waals surface area contributed by atoms with E-state index in [4.69, 9.17) is 16.3 Å². The van der Waals surface area contributed by atoms with Gasteiger partial charge in [0.15, 0.2) is 0 Å². The smallest absolute Gasteiger partial charge is 0.301 e. The average molecular weight is 367 g/mol. The van der Waals surface area contributed by atoms with Crippen LogP contribution < -0.4 is 9.46 Å². The molecule has 0 unspecified atom stereocenters. The van der Waals surface area contributed by atoms with E-state index in [1.165, 1.54) is 4.31 Å². The van der Waals surface area contributed by atoms with Crippen LogP contribution in [0, 0.1) is 0 Å². The summed E-state index contributed by atoms with van der Waals surface area (Å²) in [5.74, 6) is 1.24. The van der Waals surface area contributed by atoms with Gasteiger partial charge in [0.2, 0.25) is 0 Å². The molecule has 3 rings (SSSR count). The van der Waals surface area contributed by atoms with E-state index >= 15 is 0 Å². The zero-order chi connectivity index (χ0) is 17.0. The van der Waals surface area contributed by atoms with Gasteiger partial charge in [-0.05, 0) is 55.3 Å². The first-order valence-corrected chi connectivity index (χ1v) is 9.66. The molecule has 0 aromatic heterocycles. The van der Waals surface area contributed by atoms with Crippen LogP contribution in [0.15, 0.2) is 48.5 Å². The van der Waals surface area contributed by atoms with E-state index in [-0.39, 0.29) is 0 Å². The van der Waals surface area contributed by atoms with E-state index < -0.39 is 10.2 Å². The molecule has 0 radical (unpaired) electrons. The molecule has 128 valence electrons. The molecule has 1 aliphatic heterocycles. The van der Waals surface area contributed by atoms with Gasteiger partial charge in [0.1, 0.15) is 11.5 Å². The van der Waals surface area contributed by atoms with E-state index in [1.807, 2.05) is 0 Å². The fraction of sp³-hybridized carbons (Fsp3) is 0.294. The fourth-order valence-electron chi connectivity index (χ4n) is 2.58. The molecule has 0 aliphatic carbocycles. The van der Waals surface area contributed by atoms with Crippen molar-refractivity contribution in [2.75, 3.05) is 17.8 Å². The third-order valence-electron chi connectivity index (χ3n) is 3.79. The van der Waals surface area contributed by atoms with Crippen molar-refractivity contribution in [1.82, 2.24) is 4.31 Å². The minimum absolute atomic E-state index is 0.513. The molecular weight excluding hydrogens is 348 g/mol. The van der Waals surface area contributed by atoms with Gasteiger partial charge in [0.05, 0.1) is 5.69 Å². The van der Waals surface area contributed by atoms with Crippen LogP contribution in [0.3, 0.4) is 0 Å². The predicted molar refractivity (Wildman–Crippen MR) is 95.9 cm³/mol. The first kappa shape index (κ1) is 17.1. The van der Waals surface area contributed by atoms with Crippen LogP contribution in [0.5, 0.6) is 11.5 Å². The van der Waals surface area contributed by atoms with E-state index in [2.05, 4.69) is 4.72 Å². The third-order valence-corrected chi connectivity index (χ3v) is 5.56. The molecule has 1 saturated heterocycles. The molecule has 7 heteroatoms. The Morgan fingerprint density at radius 3 is 2.33 bits per heavy atom. The molecule has 1 heterocycles. The molecule has 1 fully saturated rings.